The lowest BCUT2D eigenvalue weighted by atomic mass is 10.2. The van der Waals surface area contributed by atoms with Crippen LogP contribution in [-0.2, 0) is 14.2 Å². The maximum Gasteiger partial charge on any atom is 0.191 e. The smallest absolute Gasteiger partial charge is 0.191 e. The molecule has 0 saturated heterocycles. The summed E-state index contributed by atoms with van der Waals surface area (Å²) in [7, 11) is 0. The van der Waals surface area contributed by atoms with Crippen molar-refractivity contribution in [3.05, 3.63) is 0 Å². The van der Waals surface area contributed by atoms with E-state index in [2.05, 4.69) is 20.8 Å². The number of ether oxygens (including phenoxy) is 3. The van der Waals surface area contributed by atoms with E-state index in [1.54, 1.807) is 0 Å². The first kappa shape index (κ1) is 19.8. The second-order valence-corrected chi connectivity index (χ2v) is 5.27. The van der Waals surface area contributed by atoms with Gasteiger partial charge in [-0.3, -0.25) is 0 Å². The van der Waals surface area contributed by atoms with Crippen molar-refractivity contribution in [1.82, 2.24) is 0 Å². The van der Waals surface area contributed by atoms with Crippen molar-refractivity contribution in [2.24, 2.45) is 0 Å². The fourth-order valence-corrected chi connectivity index (χ4v) is 1.72. The maximum absolute atomic E-state index is 9.51. The Kier molecular flexibility index (Phi) is 12.5. The van der Waals surface area contributed by atoms with Crippen LogP contribution < -0.4 is 0 Å². The Morgan fingerprint density at radius 2 is 1.55 bits per heavy atom. The second kappa shape index (κ2) is 12.6. The molecule has 2 unspecified atom stereocenters. The molecule has 0 amide bonds. The average Bonchev–Trinajstić information content (AvgIpc) is 2.48. The predicted molar refractivity (Wildman–Crippen MR) is 81.9 cm³/mol. The van der Waals surface area contributed by atoms with Crippen molar-refractivity contribution in [2.45, 2.75) is 78.1 Å². The van der Waals surface area contributed by atoms with Crippen LogP contribution in [0.15, 0.2) is 0 Å². The van der Waals surface area contributed by atoms with Gasteiger partial charge in [-0.25, -0.2) is 0 Å². The molecule has 20 heavy (non-hydrogen) atoms. The van der Waals surface area contributed by atoms with Gasteiger partial charge in [-0.2, -0.15) is 0 Å². The summed E-state index contributed by atoms with van der Waals surface area (Å²) in [5, 5.41) is 9.51. The van der Waals surface area contributed by atoms with Gasteiger partial charge in [0.15, 0.2) is 5.79 Å². The Bertz CT molecular complexity index is 205. The molecule has 4 nitrogen and oxygen atoms in total. The van der Waals surface area contributed by atoms with E-state index < -0.39 is 5.79 Å². The van der Waals surface area contributed by atoms with Gasteiger partial charge in [-0.1, -0.05) is 27.2 Å². The van der Waals surface area contributed by atoms with Crippen LogP contribution in [-0.4, -0.2) is 43.4 Å². The van der Waals surface area contributed by atoms with Crippen LogP contribution in [0.4, 0.5) is 0 Å². The van der Waals surface area contributed by atoms with E-state index in [1.807, 2.05) is 6.92 Å². The standard InChI is InChI=1S/C16H34O4/c1-5-8-12-19-16(7-3,14-17)20-13-10-9-11-18-15(4)6-2/h15,17H,5-14H2,1-4H3. The number of rotatable bonds is 14. The summed E-state index contributed by atoms with van der Waals surface area (Å²) in [6.07, 6.45) is 6.02. The molecule has 0 aliphatic carbocycles. The molecule has 0 rings (SSSR count). The molecule has 0 saturated carbocycles. The molecule has 1 N–H and O–H groups in total. The largest absolute Gasteiger partial charge is 0.391 e. The van der Waals surface area contributed by atoms with Gasteiger partial charge in [-0.05, 0) is 32.6 Å². The number of hydrogen-bond donors (Lipinski definition) is 1. The molecule has 0 bridgehead atoms. The first-order valence-electron chi connectivity index (χ1n) is 8.14. The van der Waals surface area contributed by atoms with Gasteiger partial charge in [0.25, 0.3) is 0 Å². The molecule has 0 aromatic rings. The Hall–Kier alpha value is -0.160. The minimum absolute atomic E-state index is 0.0867. The van der Waals surface area contributed by atoms with Gasteiger partial charge in [0.2, 0.25) is 0 Å². The van der Waals surface area contributed by atoms with Crippen LogP contribution in [0.25, 0.3) is 0 Å². The average molecular weight is 290 g/mol. The van der Waals surface area contributed by atoms with E-state index >= 15 is 0 Å². The lowest BCUT2D eigenvalue weighted by Crippen LogP contribution is -2.40. The molecule has 0 radical (unpaired) electrons. The Labute approximate surface area is 124 Å². The van der Waals surface area contributed by atoms with Crippen LogP contribution in [0, 0.1) is 0 Å². The SMILES string of the molecule is CCCCOC(CC)(CO)OCCCCOC(C)CC. The molecule has 4 heteroatoms. The highest BCUT2D eigenvalue weighted by molar-refractivity contribution is 4.66. The molecular weight excluding hydrogens is 256 g/mol. The predicted octanol–water partition coefficient (Wildman–Crippen LogP) is 3.51. The van der Waals surface area contributed by atoms with Crippen molar-refractivity contribution in [2.75, 3.05) is 26.4 Å². The molecule has 0 fully saturated rings. The fraction of sp³-hybridized carbons (Fsp3) is 1.00. The van der Waals surface area contributed by atoms with Crippen molar-refractivity contribution in [3.8, 4) is 0 Å². The van der Waals surface area contributed by atoms with Gasteiger partial charge in [0.05, 0.1) is 25.9 Å². The van der Waals surface area contributed by atoms with Gasteiger partial charge in [0.1, 0.15) is 0 Å². The van der Waals surface area contributed by atoms with E-state index in [-0.39, 0.29) is 6.61 Å². The van der Waals surface area contributed by atoms with E-state index in [1.165, 1.54) is 0 Å². The lowest BCUT2D eigenvalue weighted by molar-refractivity contribution is -0.257. The third kappa shape index (κ3) is 8.90. The van der Waals surface area contributed by atoms with Crippen LogP contribution in [0.3, 0.4) is 0 Å². The molecule has 122 valence electrons. The molecule has 0 aromatic carbocycles. The van der Waals surface area contributed by atoms with Crippen LogP contribution >= 0.6 is 0 Å². The first-order chi connectivity index (χ1) is 9.64. The fourth-order valence-electron chi connectivity index (χ4n) is 1.72. The lowest BCUT2D eigenvalue weighted by Gasteiger charge is -2.31. The van der Waals surface area contributed by atoms with E-state index in [0.29, 0.717) is 25.7 Å². The van der Waals surface area contributed by atoms with Crippen LogP contribution in [0.2, 0.25) is 0 Å². The zero-order valence-corrected chi connectivity index (χ0v) is 13.8. The summed E-state index contributed by atoms with van der Waals surface area (Å²) in [6.45, 7) is 10.2. The minimum Gasteiger partial charge on any atom is -0.391 e. The third-order valence-corrected chi connectivity index (χ3v) is 3.52. The number of aliphatic hydroxyl groups excluding tert-OH is 1. The highest BCUT2D eigenvalue weighted by Crippen LogP contribution is 2.18. The summed E-state index contributed by atoms with van der Waals surface area (Å²) in [5.41, 5.74) is 0. The minimum atomic E-state index is -0.813. The summed E-state index contributed by atoms with van der Waals surface area (Å²) in [5.74, 6) is -0.813. The maximum atomic E-state index is 9.51. The monoisotopic (exact) mass is 290 g/mol. The number of unbranched alkanes of at least 4 members (excludes halogenated alkanes) is 2. The quantitative estimate of drug-likeness (QED) is 0.393. The summed E-state index contributed by atoms with van der Waals surface area (Å²) < 4.78 is 17.1. The van der Waals surface area contributed by atoms with Gasteiger partial charge >= 0.3 is 0 Å². The summed E-state index contributed by atoms with van der Waals surface area (Å²) >= 11 is 0. The molecule has 0 spiro atoms. The normalized spacial score (nSPS) is 16.1. The highest BCUT2D eigenvalue weighted by Gasteiger charge is 2.28. The molecule has 2 atom stereocenters. The van der Waals surface area contributed by atoms with Crippen molar-refractivity contribution in [1.29, 1.82) is 0 Å². The van der Waals surface area contributed by atoms with Crippen LogP contribution in [0.1, 0.15) is 66.2 Å². The summed E-state index contributed by atoms with van der Waals surface area (Å²) in [4.78, 5) is 0. The van der Waals surface area contributed by atoms with E-state index in [4.69, 9.17) is 14.2 Å². The Balaban J connectivity index is 3.79. The molecule has 0 aliphatic rings. The zero-order valence-electron chi connectivity index (χ0n) is 13.8. The molecular formula is C16H34O4. The Morgan fingerprint density at radius 3 is 2.05 bits per heavy atom. The van der Waals surface area contributed by atoms with Gasteiger partial charge in [0, 0.05) is 13.0 Å². The second-order valence-electron chi connectivity index (χ2n) is 5.27. The van der Waals surface area contributed by atoms with E-state index in [0.717, 1.165) is 38.7 Å². The van der Waals surface area contributed by atoms with Crippen molar-refractivity contribution >= 4 is 0 Å². The zero-order chi connectivity index (χ0) is 15.3. The topological polar surface area (TPSA) is 47.9 Å². The van der Waals surface area contributed by atoms with Crippen molar-refractivity contribution in [3.63, 3.8) is 0 Å². The third-order valence-electron chi connectivity index (χ3n) is 3.52. The van der Waals surface area contributed by atoms with Crippen LogP contribution in [0.5, 0.6) is 0 Å². The number of aliphatic hydroxyl groups is 1. The van der Waals surface area contributed by atoms with Gasteiger partial charge < -0.3 is 19.3 Å². The Morgan fingerprint density at radius 1 is 0.950 bits per heavy atom. The van der Waals surface area contributed by atoms with Crippen molar-refractivity contribution < 1.29 is 19.3 Å². The molecule has 0 aromatic heterocycles. The molecule has 0 heterocycles. The van der Waals surface area contributed by atoms with Gasteiger partial charge in [-0.15, -0.1) is 0 Å². The van der Waals surface area contributed by atoms with E-state index in [9.17, 15) is 5.11 Å². The number of hydrogen-bond acceptors (Lipinski definition) is 4. The molecule has 0 aliphatic heterocycles. The highest BCUT2D eigenvalue weighted by atomic mass is 16.7. The summed E-state index contributed by atoms with van der Waals surface area (Å²) in [6, 6.07) is 0. The first-order valence-corrected chi connectivity index (χ1v) is 8.14.